The SMILES string of the molecule is Cc1c(Cl)cccc1S(=O)(=O)NC(Cn1nccn1)c1ccccc1. The molecule has 0 saturated carbocycles. The summed E-state index contributed by atoms with van der Waals surface area (Å²) in [5.41, 5.74) is 1.34. The highest BCUT2D eigenvalue weighted by Gasteiger charge is 2.24. The van der Waals surface area contributed by atoms with Gasteiger partial charge in [0.25, 0.3) is 0 Å². The second-order valence-corrected chi connectivity index (χ2v) is 7.62. The van der Waals surface area contributed by atoms with Crippen molar-refractivity contribution in [1.29, 1.82) is 0 Å². The average molecular weight is 377 g/mol. The van der Waals surface area contributed by atoms with Crippen LogP contribution in [0.3, 0.4) is 0 Å². The van der Waals surface area contributed by atoms with E-state index in [4.69, 9.17) is 11.6 Å². The fourth-order valence-electron chi connectivity index (χ4n) is 2.53. The minimum absolute atomic E-state index is 0.161. The molecule has 1 heterocycles. The van der Waals surface area contributed by atoms with Crippen molar-refractivity contribution >= 4 is 21.6 Å². The van der Waals surface area contributed by atoms with Crippen LogP contribution in [-0.2, 0) is 16.6 Å². The normalized spacial score (nSPS) is 12.9. The van der Waals surface area contributed by atoms with Gasteiger partial charge < -0.3 is 0 Å². The fourth-order valence-corrected chi connectivity index (χ4v) is 4.24. The molecule has 0 radical (unpaired) electrons. The van der Waals surface area contributed by atoms with Gasteiger partial charge in [0.2, 0.25) is 10.0 Å². The molecule has 6 nitrogen and oxygen atoms in total. The van der Waals surface area contributed by atoms with E-state index in [-0.39, 0.29) is 11.4 Å². The maximum absolute atomic E-state index is 12.9. The number of hydrogen-bond acceptors (Lipinski definition) is 4. The van der Waals surface area contributed by atoms with Crippen LogP contribution in [0.5, 0.6) is 0 Å². The Kier molecular flexibility index (Phi) is 5.17. The summed E-state index contributed by atoms with van der Waals surface area (Å²) >= 11 is 6.07. The second kappa shape index (κ2) is 7.35. The summed E-state index contributed by atoms with van der Waals surface area (Å²) < 4.78 is 28.5. The van der Waals surface area contributed by atoms with Gasteiger partial charge in [-0.05, 0) is 30.2 Å². The minimum atomic E-state index is -3.77. The molecule has 130 valence electrons. The van der Waals surface area contributed by atoms with E-state index in [9.17, 15) is 8.42 Å². The van der Waals surface area contributed by atoms with Crippen LogP contribution in [0.1, 0.15) is 17.2 Å². The zero-order chi connectivity index (χ0) is 17.9. The molecule has 3 rings (SSSR count). The van der Waals surface area contributed by atoms with Gasteiger partial charge in [0.05, 0.1) is 29.9 Å². The summed E-state index contributed by atoms with van der Waals surface area (Å²) in [5.74, 6) is 0. The second-order valence-electron chi connectivity index (χ2n) is 5.53. The van der Waals surface area contributed by atoms with Gasteiger partial charge in [0, 0.05) is 5.02 Å². The third-order valence-electron chi connectivity index (χ3n) is 3.82. The van der Waals surface area contributed by atoms with E-state index in [0.717, 1.165) is 5.56 Å². The lowest BCUT2D eigenvalue weighted by Crippen LogP contribution is -2.32. The molecule has 0 fully saturated rings. The molecule has 0 aliphatic rings. The Morgan fingerprint density at radius 1 is 1.08 bits per heavy atom. The zero-order valence-electron chi connectivity index (χ0n) is 13.5. The maximum atomic E-state index is 12.9. The van der Waals surface area contributed by atoms with E-state index in [2.05, 4.69) is 14.9 Å². The first-order valence-corrected chi connectivity index (χ1v) is 9.50. The Labute approximate surface area is 151 Å². The summed E-state index contributed by atoms with van der Waals surface area (Å²) in [7, 11) is -3.77. The topological polar surface area (TPSA) is 76.9 Å². The number of aromatic nitrogens is 3. The Balaban J connectivity index is 1.95. The maximum Gasteiger partial charge on any atom is 0.241 e. The summed E-state index contributed by atoms with van der Waals surface area (Å²) in [5, 5.41) is 8.54. The van der Waals surface area contributed by atoms with Gasteiger partial charge in [-0.3, -0.25) is 0 Å². The van der Waals surface area contributed by atoms with Crippen molar-refractivity contribution in [1.82, 2.24) is 19.7 Å². The van der Waals surface area contributed by atoms with Crippen LogP contribution in [0.15, 0.2) is 65.8 Å². The molecule has 8 heteroatoms. The van der Waals surface area contributed by atoms with Gasteiger partial charge in [-0.25, -0.2) is 13.1 Å². The van der Waals surface area contributed by atoms with Gasteiger partial charge in [0.1, 0.15) is 0 Å². The molecule has 0 aliphatic heterocycles. The van der Waals surface area contributed by atoms with Gasteiger partial charge in [0.15, 0.2) is 0 Å². The summed E-state index contributed by atoms with van der Waals surface area (Å²) in [6.45, 7) is 1.96. The summed E-state index contributed by atoms with van der Waals surface area (Å²) in [6, 6.07) is 13.6. The van der Waals surface area contributed by atoms with Crippen molar-refractivity contribution in [2.24, 2.45) is 0 Å². The Bertz CT molecular complexity index is 944. The predicted molar refractivity (Wildman–Crippen MR) is 95.7 cm³/mol. The van der Waals surface area contributed by atoms with Crippen LogP contribution in [0.4, 0.5) is 0 Å². The molecular weight excluding hydrogens is 360 g/mol. The minimum Gasteiger partial charge on any atom is -0.207 e. The van der Waals surface area contributed by atoms with Crippen molar-refractivity contribution in [3.63, 3.8) is 0 Å². The number of nitrogens with one attached hydrogen (secondary N) is 1. The highest BCUT2D eigenvalue weighted by atomic mass is 35.5. The number of sulfonamides is 1. The van der Waals surface area contributed by atoms with E-state index < -0.39 is 16.1 Å². The Hall–Kier alpha value is -2.22. The summed E-state index contributed by atoms with van der Waals surface area (Å²) in [6.07, 6.45) is 3.11. The number of benzene rings is 2. The van der Waals surface area contributed by atoms with Crippen LogP contribution in [0, 0.1) is 6.92 Å². The molecule has 0 spiro atoms. The Morgan fingerprint density at radius 3 is 2.44 bits per heavy atom. The van der Waals surface area contributed by atoms with E-state index in [1.807, 2.05) is 30.3 Å². The van der Waals surface area contributed by atoms with Crippen molar-refractivity contribution < 1.29 is 8.42 Å². The molecule has 1 unspecified atom stereocenters. The molecular formula is C17H17ClN4O2S. The fraction of sp³-hybridized carbons (Fsp3) is 0.176. The highest BCUT2D eigenvalue weighted by molar-refractivity contribution is 7.89. The number of nitrogens with zero attached hydrogens (tertiary/aromatic N) is 3. The molecule has 0 bridgehead atoms. The zero-order valence-corrected chi connectivity index (χ0v) is 15.1. The predicted octanol–water partition coefficient (Wildman–Crippen LogP) is 2.96. The number of hydrogen-bond donors (Lipinski definition) is 1. The first-order chi connectivity index (χ1) is 12.0. The lowest BCUT2D eigenvalue weighted by molar-refractivity contribution is 0.444. The highest BCUT2D eigenvalue weighted by Crippen LogP contribution is 2.25. The van der Waals surface area contributed by atoms with Crippen LogP contribution < -0.4 is 4.72 Å². The van der Waals surface area contributed by atoms with Gasteiger partial charge >= 0.3 is 0 Å². The first-order valence-electron chi connectivity index (χ1n) is 7.64. The average Bonchev–Trinajstić information content (AvgIpc) is 3.10. The number of halogens is 1. The number of rotatable bonds is 6. The van der Waals surface area contributed by atoms with Crippen molar-refractivity contribution in [3.05, 3.63) is 77.1 Å². The standard InChI is InChI=1S/C17H17ClN4O2S/c1-13-15(18)8-5-9-17(13)25(23,24)21-16(12-22-19-10-11-20-22)14-6-3-2-4-7-14/h2-11,16,21H,12H2,1H3. The van der Waals surface area contributed by atoms with E-state index in [1.165, 1.54) is 10.9 Å². The quantitative estimate of drug-likeness (QED) is 0.717. The third-order valence-corrected chi connectivity index (χ3v) is 5.84. The lowest BCUT2D eigenvalue weighted by Gasteiger charge is -2.19. The van der Waals surface area contributed by atoms with Crippen LogP contribution >= 0.6 is 11.6 Å². The van der Waals surface area contributed by atoms with Crippen LogP contribution in [-0.4, -0.2) is 23.4 Å². The molecule has 0 aliphatic carbocycles. The molecule has 0 amide bonds. The lowest BCUT2D eigenvalue weighted by atomic mass is 10.1. The monoisotopic (exact) mass is 376 g/mol. The van der Waals surface area contributed by atoms with Gasteiger partial charge in [-0.1, -0.05) is 48.0 Å². The van der Waals surface area contributed by atoms with E-state index in [0.29, 0.717) is 10.6 Å². The van der Waals surface area contributed by atoms with Crippen LogP contribution in [0.25, 0.3) is 0 Å². The molecule has 3 aromatic rings. The molecule has 1 N–H and O–H groups in total. The van der Waals surface area contributed by atoms with Crippen molar-refractivity contribution in [3.8, 4) is 0 Å². The molecule has 1 aromatic heterocycles. The van der Waals surface area contributed by atoms with E-state index in [1.54, 1.807) is 31.5 Å². The van der Waals surface area contributed by atoms with E-state index >= 15 is 0 Å². The molecule has 1 atom stereocenters. The molecule has 2 aromatic carbocycles. The van der Waals surface area contributed by atoms with Crippen LogP contribution in [0.2, 0.25) is 5.02 Å². The Morgan fingerprint density at radius 2 is 1.76 bits per heavy atom. The largest absolute Gasteiger partial charge is 0.241 e. The first kappa shape index (κ1) is 17.6. The van der Waals surface area contributed by atoms with Gasteiger partial charge in [-0.2, -0.15) is 15.0 Å². The third kappa shape index (κ3) is 4.07. The van der Waals surface area contributed by atoms with Gasteiger partial charge in [-0.15, -0.1) is 0 Å². The van der Waals surface area contributed by atoms with Crippen molar-refractivity contribution in [2.75, 3.05) is 0 Å². The smallest absolute Gasteiger partial charge is 0.207 e. The molecule has 25 heavy (non-hydrogen) atoms. The van der Waals surface area contributed by atoms with Crippen molar-refractivity contribution in [2.45, 2.75) is 24.4 Å². The molecule has 0 saturated heterocycles. The summed E-state index contributed by atoms with van der Waals surface area (Å²) in [4.78, 5) is 1.61.